The normalized spacial score (nSPS) is 20.8. The minimum Gasteiger partial charge on any atom is -0.373 e. The molecule has 3 rings (SSSR count). The van der Waals surface area contributed by atoms with Crippen LogP contribution in [0.5, 0.6) is 0 Å². The highest BCUT2D eigenvalue weighted by Gasteiger charge is 2.30. The average Bonchev–Trinajstić information content (AvgIpc) is 2.65. The van der Waals surface area contributed by atoms with Gasteiger partial charge in [0.1, 0.15) is 5.71 Å². The standard InChI is InChI=1S/C16H22N6O4/c1-20-6-5-17-14(16(20)25)18-9-11-10-22(7-8-26-11)15(24)12-3-4-13(23)21(2)19-12/h5-6,11H,3-4,7-10H2,1-2H3,(H,17,18). The molecule has 0 spiro atoms. The maximum atomic E-state index is 12.6. The molecule has 1 N–H and O–H groups in total. The Morgan fingerprint density at radius 2 is 2.15 bits per heavy atom. The Hall–Kier alpha value is -2.75. The summed E-state index contributed by atoms with van der Waals surface area (Å²) in [7, 11) is 3.20. The minimum atomic E-state index is -0.261. The van der Waals surface area contributed by atoms with Crippen LogP contribution in [0.4, 0.5) is 5.82 Å². The van der Waals surface area contributed by atoms with Gasteiger partial charge in [-0.3, -0.25) is 14.4 Å². The quantitative estimate of drug-likeness (QED) is 0.738. The molecular weight excluding hydrogens is 340 g/mol. The van der Waals surface area contributed by atoms with E-state index in [1.807, 2.05) is 0 Å². The lowest BCUT2D eigenvalue weighted by molar-refractivity contribution is -0.132. The van der Waals surface area contributed by atoms with Crippen molar-refractivity contribution in [3.63, 3.8) is 0 Å². The molecule has 1 atom stereocenters. The smallest absolute Gasteiger partial charge is 0.293 e. The van der Waals surface area contributed by atoms with Gasteiger partial charge in [0.15, 0.2) is 5.82 Å². The lowest BCUT2D eigenvalue weighted by Crippen LogP contribution is -2.51. The van der Waals surface area contributed by atoms with Crippen molar-refractivity contribution < 1.29 is 14.3 Å². The number of morpholine rings is 1. The molecule has 0 aliphatic carbocycles. The lowest BCUT2D eigenvalue weighted by atomic mass is 10.1. The number of nitrogens with one attached hydrogen (secondary N) is 1. The van der Waals surface area contributed by atoms with Gasteiger partial charge in [0.25, 0.3) is 11.5 Å². The van der Waals surface area contributed by atoms with Crippen molar-refractivity contribution in [3.05, 3.63) is 22.7 Å². The third-order valence-electron chi connectivity index (χ3n) is 4.39. The first kappa shape index (κ1) is 18.1. The SMILES string of the molecule is CN1N=C(C(=O)N2CCOC(CNc3nccn(C)c3=O)C2)CCC1=O. The van der Waals surface area contributed by atoms with Crippen molar-refractivity contribution in [3.8, 4) is 0 Å². The summed E-state index contributed by atoms with van der Waals surface area (Å²) in [5.41, 5.74) is 0.166. The Labute approximate surface area is 150 Å². The molecule has 1 saturated heterocycles. The fourth-order valence-electron chi connectivity index (χ4n) is 2.86. The van der Waals surface area contributed by atoms with E-state index in [9.17, 15) is 14.4 Å². The maximum Gasteiger partial charge on any atom is 0.293 e. The van der Waals surface area contributed by atoms with E-state index in [0.29, 0.717) is 44.8 Å². The van der Waals surface area contributed by atoms with Gasteiger partial charge in [-0.1, -0.05) is 0 Å². The first-order chi connectivity index (χ1) is 12.5. The molecular formula is C16H22N6O4. The van der Waals surface area contributed by atoms with Crippen molar-refractivity contribution in [2.75, 3.05) is 38.6 Å². The Morgan fingerprint density at radius 1 is 1.35 bits per heavy atom. The molecule has 2 aliphatic rings. The molecule has 140 valence electrons. The predicted octanol–water partition coefficient (Wildman–Crippen LogP) is -0.972. The molecule has 3 heterocycles. The van der Waals surface area contributed by atoms with E-state index in [-0.39, 0.29) is 29.3 Å². The molecule has 26 heavy (non-hydrogen) atoms. The molecule has 10 nitrogen and oxygen atoms in total. The van der Waals surface area contributed by atoms with E-state index in [0.717, 1.165) is 0 Å². The molecule has 2 aliphatic heterocycles. The van der Waals surface area contributed by atoms with Gasteiger partial charge in [-0.2, -0.15) is 5.10 Å². The highest BCUT2D eigenvalue weighted by atomic mass is 16.5. The van der Waals surface area contributed by atoms with Gasteiger partial charge in [0.05, 0.1) is 12.7 Å². The van der Waals surface area contributed by atoms with Crippen molar-refractivity contribution in [2.45, 2.75) is 18.9 Å². The van der Waals surface area contributed by atoms with Crippen LogP contribution in [0.2, 0.25) is 0 Å². The number of ether oxygens (including phenoxy) is 1. The maximum absolute atomic E-state index is 12.6. The van der Waals surface area contributed by atoms with Gasteiger partial charge < -0.3 is 19.5 Å². The zero-order valence-electron chi connectivity index (χ0n) is 14.8. The van der Waals surface area contributed by atoms with Crippen molar-refractivity contribution in [1.29, 1.82) is 0 Å². The number of hydrogen-bond donors (Lipinski definition) is 1. The highest BCUT2D eigenvalue weighted by molar-refractivity contribution is 6.39. The van der Waals surface area contributed by atoms with Gasteiger partial charge in [0, 0.05) is 59.0 Å². The second kappa shape index (κ2) is 7.65. The zero-order valence-corrected chi connectivity index (χ0v) is 14.8. The molecule has 1 aromatic rings. The molecule has 2 amide bonds. The number of rotatable bonds is 4. The molecule has 0 bridgehead atoms. The molecule has 0 aromatic carbocycles. The van der Waals surface area contributed by atoms with Gasteiger partial charge in [-0.25, -0.2) is 9.99 Å². The second-order valence-electron chi connectivity index (χ2n) is 6.28. The minimum absolute atomic E-state index is 0.0949. The lowest BCUT2D eigenvalue weighted by Gasteiger charge is -2.34. The van der Waals surface area contributed by atoms with E-state index in [1.54, 1.807) is 31.4 Å². The number of hydrogen-bond acceptors (Lipinski definition) is 7. The number of hydrazone groups is 1. The van der Waals surface area contributed by atoms with E-state index < -0.39 is 0 Å². The highest BCUT2D eigenvalue weighted by Crippen LogP contribution is 2.12. The van der Waals surface area contributed by atoms with Gasteiger partial charge in [-0.15, -0.1) is 0 Å². The van der Waals surface area contributed by atoms with Crippen LogP contribution in [0, 0.1) is 0 Å². The number of carbonyl (C=O) groups is 2. The van der Waals surface area contributed by atoms with Crippen LogP contribution in [0.15, 0.2) is 22.3 Å². The van der Waals surface area contributed by atoms with Crippen LogP contribution in [0.1, 0.15) is 12.8 Å². The van der Waals surface area contributed by atoms with E-state index in [2.05, 4.69) is 15.4 Å². The molecule has 0 saturated carbocycles. The number of anilines is 1. The van der Waals surface area contributed by atoms with Crippen molar-refractivity contribution >= 4 is 23.3 Å². The van der Waals surface area contributed by atoms with Gasteiger partial charge in [-0.05, 0) is 0 Å². The van der Waals surface area contributed by atoms with Crippen LogP contribution >= 0.6 is 0 Å². The van der Waals surface area contributed by atoms with E-state index in [4.69, 9.17) is 4.74 Å². The Balaban J connectivity index is 1.60. The number of nitrogens with zero attached hydrogens (tertiary/aromatic N) is 5. The van der Waals surface area contributed by atoms with E-state index in [1.165, 1.54) is 9.58 Å². The average molecular weight is 362 g/mol. The largest absolute Gasteiger partial charge is 0.373 e. The van der Waals surface area contributed by atoms with E-state index >= 15 is 0 Å². The van der Waals surface area contributed by atoms with Gasteiger partial charge >= 0.3 is 0 Å². The molecule has 1 fully saturated rings. The summed E-state index contributed by atoms with van der Waals surface area (Å²) in [4.78, 5) is 41.8. The third-order valence-corrected chi connectivity index (χ3v) is 4.39. The van der Waals surface area contributed by atoms with Crippen LogP contribution in [0.25, 0.3) is 0 Å². The predicted molar refractivity (Wildman–Crippen MR) is 93.7 cm³/mol. The molecule has 0 radical (unpaired) electrons. The molecule has 1 aromatic heterocycles. The number of aryl methyl sites for hydroxylation is 1. The summed E-state index contributed by atoms with van der Waals surface area (Å²) >= 11 is 0. The summed E-state index contributed by atoms with van der Waals surface area (Å²) in [6, 6.07) is 0. The summed E-state index contributed by atoms with van der Waals surface area (Å²) in [5, 5.41) is 8.28. The molecule has 10 heteroatoms. The van der Waals surface area contributed by atoms with Gasteiger partial charge in [0.2, 0.25) is 5.91 Å². The van der Waals surface area contributed by atoms with Crippen molar-refractivity contribution in [2.24, 2.45) is 12.1 Å². The Kier molecular flexibility index (Phi) is 5.31. The summed E-state index contributed by atoms with van der Waals surface area (Å²) in [6.45, 7) is 1.62. The summed E-state index contributed by atoms with van der Waals surface area (Å²) < 4.78 is 7.11. The number of aromatic nitrogens is 2. The summed E-state index contributed by atoms with van der Waals surface area (Å²) in [5.74, 6) is -0.0206. The monoisotopic (exact) mass is 362 g/mol. The molecule has 1 unspecified atom stereocenters. The second-order valence-corrected chi connectivity index (χ2v) is 6.28. The Morgan fingerprint density at radius 3 is 2.92 bits per heavy atom. The van der Waals surface area contributed by atoms with Crippen LogP contribution in [0.3, 0.4) is 0 Å². The first-order valence-corrected chi connectivity index (χ1v) is 8.46. The van der Waals surface area contributed by atoms with Crippen molar-refractivity contribution in [1.82, 2.24) is 19.5 Å². The topological polar surface area (TPSA) is 109 Å². The fraction of sp³-hybridized carbons (Fsp3) is 0.562. The third kappa shape index (κ3) is 3.90. The number of carbonyl (C=O) groups excluding carboxylic acids is 2. The van der Waals surface area contributed by atoms with Crippen LogP contribution in [-0.2, 0) is 21.4 Å². The zero-order chi connectivity index (χ0) is 18.7. The van der Waals surface area contributed by atoms with Crippen LogP contribution < -0.4 is 10.9 Å². The Bertz CT molecular complexity index is 789. The fourth-order valence-corrected chi connectivity index (χ4v) is 2.86. The summed E-state index contributed by atoms with van der Waals surface area (Å²) in [6.07, 6.45) is 3.51. The van der Waals surface area contributed by atoms with Crippen LogP contribution in [-0.4, -0.2) is 76.4 Å². The first-order valence-electron chi connectivity index (χ1n) is 8.46. The number of amides is 2.